The third-order valence-electron chi connectivity index (χ3n) is 5.28. The van der Waals surface area contributed by atoms with Crippen LogP contribution in [0, 0.1) is 6.92 Å². The number of fused-ring (bicyclic) bond motifs is 1. The first-order valence-electron chi connectivity index (χ1n) is 11.2. The van der Waals surface area contributed by atoms with Gasteiger partial charge in [-0.2, -0.15) is 4.98 Å². The highest BCUT2D eigenvalue weighted by Gasteiger charge is 2.16. The van der Waals surface area contributed by atoms with Crippen LogP contribution in [0.2, 0.25) is 0 Å². The topological polar surface area (TPSA) is 52.3 Å². The first kappa shape index (κ1) is 22.9. The van der Waals surface area contributed by atoms with E-state index in [4.69, 9.17) is 9.15 Å². The molecule has 0 aliphatic carbocycles. The molecule has 5 heteroatoms. The monoisotopic (exact) mass is 407 g/mol. The zero-order valence-electron chi connectivity index (χ0n) is 18.0. The van der Waals surface area contributed by atoms with Crippen LogP contribution < -0.4 is 10.4 Å². The number of hydrogen-bond acceptors (Lipinski definition) is 5. The number of hydrogen-bond donors (Lipinski definition) is 0. The summed E-state index contributed by atoms with van der Waals surface area (Å²) in [6.07, 6.45) is 16.0. The highest BCUT2D eigenvalue weighted by molar-refractivity contribution is 7.18. The van der Waals surface area contributed by atoms with Gasteiger partial charge in [0.15, 0.2) is 0 Å². The second kappa shape index (κ2) is 13.0. The molecule has 4 nitrogen and oxygen atoms in total. The molecule has 0 bridgehead atoms. The molecule has 2 aromatic heterocycles. The fourth-order valence-electron chi connectivity index (χ4n) is 3.51. The van der Waals surface area contributed by atoms with Crippen molar-refractivity contribution in [3.8, 4) is 6.08 Å². The molecule has 0 aliphatic rings. The van der Waals surface area contributed by atoms with Crippen molar-refractivity contribution in [3.05, 3.63) is 20.9 Å². The van der Waals surface area contributed by atoms with E-state index in [0.717, 1.165) is 29.7 Å². The Hall–Kier alpha value is -1.36. The minimum atomic E-state index is -0.314. The summed E-state index contributed by atoms with van der Waals surface area (Å²) in [5, 5.41) is 0.637. The smallest absolute Gasteiger partial charge is 0.397 e. The molecule has 0 saturated carbocycles. The first-order valence-corrected chi connectivity index (χ1v) is 12.0. The van der Waals surface area contributed by atoms with E-state index >= 15 is 0 Å². The summed E-state index contributed by atoms with van der Waals surface area (Å²) in [5.41, 5.74) is 0.725. The molecule has 2 heterocycles. The van der Waals surface area contributed by atoms with Crippen LogP contribution in [0.4, 0.5) is 0 Å². The van der Waals surface area contributed by atoms with Crippen molar-refractivity contribution in [3.63, 3.8) is 0 Å². The van der Waals surface area contributed by atoms with E-state index in [1.54, 1.807) is 11.3 Å². The minimum Gasteiger partial charge on any atom is -0.450 e. The Balaban J connectivity index is 1.86. The van der Waals surface area contributed by atoms with E-state index in [0.29, 0.717) is 12.0 Å². The Morgan fingerprint density at radius 2 is 1.50 bits per heavy atom. The van der Waals surface area contributed by atoms with E-state index < -0.39 is 0 Å². The third kappa shape index (κ3) is 7.23. The Labute approximate surface area is 173 Å². The van der Waals surface area contributed by atoms with Crippen molar-refractivity contribution in [2.75, 3.05) is 6.61 Å². The molecule has 0 fully saturated rings. The number of nitrogens with zero attached hydrogens (tertiary/aromatic N) is 1. The Bertz CT molecular complexity index is 750. The number of aromatic nitrogens is 1. The maximum atomic E-state index is 12.4. The maximum Gasteiger partial charge on any atom is 0.397 e. The summed E-state index contributed by atoms with van der Waals surface area (Å²) in [6.45, 7) is 7.03. The van der Waals surface area contributed by atoms with E-state index in [9.17, 15) is 4.79 Å². The lowest BCUT2D eigenvalue weighted by molar-refractivity contribution is 0.211. The molecule has 0 N–H and O–H groups in total. The third-order valence-corrected chi connectivity index (χ3v) is 6.53. The number of unbranched alkanes of at least 4 members (excludes halogenated alkanes) is 10. The summed E-state index contributed by atoms with van der Waals surface area (Å²) < 4.78 is 10.9. The van der Waals surface area contributed by atoms with Crippen molar-refractivity contribution < 1.29 is 9.15 Å². The highest BCUT2D eigenvalue weighted by atomic mass is 32.1. The lowest BCUT2D eigenvalue weighted by Gasteiger charge is -2.03. The van der Waals surface area contributed by atoms with E-state index in [1.807, 2.05) is 6.92 Å². The Morgan fingerprint density at radius 3 is 2.18 bits per heavy atom. The average molecular weight is 408 g/mol. The Morgan fingerprint density at radius 1 is 0.893 bits per heavy atom. The van der Waals surface area contributed by atoms with Crippen LogP contribution in [0.15, 0.2) is 9.21 Å². The predicted molar refractivity (Wildman–Crippen MR) is 119 cm³/mol. The molecule has 28 heavy (non-hydrogen) atoms. The molecule has 2 rings (SSSR count). The van der Waals surface area contributed by atoms with Gasteiger partial charge < -0.3 is 9.15 Å². The quantitative estimate of drug-likeness (QED) is 0.293. The minimum absolute atomic E-state index is 0.124. The van der Waals surface area contributed by atoms with Gasteiger partial charge in [-0.15, -0.1) is 11.3 Å². The zero-order valence-corrected chi connectivity index (χ0v) is 18.8. The average Bonchev–Trinajstić information content (AvgIpc) is 3.00. The molecule has 0 unspecified atom stereocenters. The molecule has 0 atom stereocenters. The number of thiophene rings is 1. The predicted octanol–water partition coefficient (Wildman–Crippen LogP) is 7.20. The van der Waals surface area contributed by atoms with Gasteiger partial charge in [0.05, 0.1) is 6.61 Å². The molecule has 0 aromatic carbocycles. The Kier molecular flexibility index (Phi) is 10.6. The van der Waals surface area contributed by atoms with Crippen LogP contribution in [0.1, 0.15) is 101 Å². The number of rotatable bonds is 15. The summed E-state index contributed by atoms with van der Waals surface area (Å²) >= 11 is 1.62. The normalized spacial score (nSPS) is 11.4. The van der Waals surface area contributed by atoms with Crippen LogP contribution in [-0.2, 0) is 6.42 Å². The van der Waals surface area contributed by atoms with Crippen molar-refractivity contribution in [1.29, 1.82) is 0 Å². The molecule has 158 valence electrons. The first-order chi connectivity index (χ1) is 13.7. The van der Waals surface area contributed by atoms with Crippen LogP contribution in [0.3, 0.4) is 0 Å². The summed E-state index contributed by atoms with van der Waals surface area (Å²) in [6, 6.07) is 0. The molecule has 0 amide bonds. The van der Waals surface area contributed by atoms with Gasteiger partial charge in [-0.3, -0.25) is 0 Å². The van der Waals surface area contributed by atoms with Gasteiger partial charge in [-0.1, -0.05) is 78.1 Å². The van der Waals surface area contributed by atoms with Gasteiger partial charge in [-0.25, -0.2) is 4.79 Å². The lowest BCUT2D eigenvalue weighted by Crippen LogP contribution is -2.06. The van der Waals surface area contributed by atoms with E-state index in [1.165, 1.54) is 69.1 Å². The molecule has 0 radical (unpaired) electrons. The molecular weight excluding hydrogens is 370 g/mol. The van der Waals surface area contributed by atoms with Gasteiger partial charge in [0.2, 0.25) is 0 Å². The fourth-order valence-corrected chi connectivity index (χ4v) is 4.70. The molecule has 2 aromatic rings. The number of aryl methyl sites for hydroxylation is 2. The van der Waals surface area contributed by atoms with E-state index in [-0.39, 0.29) is 11.7 Å². The highest BCUT2D eigenvalue weighted by Crippen LogP contribution is 2.30. The van der Waals surface area contributed by atoms with Crippen LogP contribution >= 0.6 is 11.3 Å². The van der Waals surface area contributed by atoms with Gasteiger partial charge in [0, 0.05) is 4.88 Å². The van der Waals surface area contributed by atoms with Crippen molar-refractivity contribution in [2.24, 2.45) is 0 Å². The summed E-state index contributed by atoms with van der Waals surface area (Å²) in [5.74, 6) is 0. The van der Waals surface area contributed by atoms with Crippen LogP contribution in [0.5, 0.6) is 6.08 Å². The van der Waals surface area contributed by atoms with E-state index in [2.05, 4.69) is 18.8 Å². The molecule has 0 spiro atoms. The lowest BCUT2D eigenvalue weighted by atomic mass is 10.1. The second-order valence-corrected chi connectivity index (χ2v) is 8.82. The SMILES string of the molecule is CCCCCCCCOc1nc2sc(CCCCCCCC)c(C)c2c(=O)o1. The summed E-state index contributed by atoms with van der Waals surface area (Å²) in [7, 11) is 0. The van der Waals surface area contributed by atoms with Gasteiger partial charge >= 0.3 is 11.7 Å². The molecule has 0 saturated heterocycles. The van der Waals surface area contributed by atoms with Gasteiger partial charge in [0.1, 0.15) is 10.2 Å². The summed E-state index contributed by atoms with van der Waals surface area (Å²) in [4.78, 5) is 18.9. The van der Waals surface area contributed by atoms with Crippen molar-refractivity contribution in [1.82, 2.24) is 4.98 Å². The standard InChI is InChI=1S/C23H37NO3S/c1-4-6-8-10-12-14-16-19-18(3)20-21(28-19)24-23(27-22(20)25)26-17-15-13-11-9-7-5-2/h4-17H2,1-3H3. The molecule has 0 aliphatic heterocycles. The van der Waals surface area contributed by atoms with Crippen LogP contribution in [-0.4, -0.2) is 11.6 Å². The van der Waals surface area contributed by atoms with Gasteiger partial charge in [0.25, 0.3) is 0 Å². The zero-order chi connectivity index (χ0) is 20.2. The van der Waals surface area contributed by atoms with Crippen molar-refractivity contribution >= 4 is 21.6 Å². The second-order valence-electron chi connectivity index (χ2n) is 7.73. The van der Waals surface area contributed by atoms with Crippen molar-refractivity contribution in [2.45, 2.75) is 104 Å². The van der Waals surface area contributed by atoms with Gasteiger partial charge in [-0.05, 0) is 31.7 Å². The van der Waals surface area contributed by atoms with Crippen LogP contribution in [0.25, 0.3) is 10.2 Å². The fraction of sp³-hybridized carbons (Fsp3) is 0.739. The molecular formula is C23H37NO3S. The maximum absolute atomic E-state index is 12.4. The largest absolute Gasteiger partial charge is 0.450 e. The number of ether oxygens (including phenoxy) is 1.